The molecule has 1 atom stereocenters. The van der Waals surface area contributed by atoms with Gasteiger partial charge in [0.2, 0.25) is 0 Å². The monoisotopic (exact) mass is 290 g/mol. The van der Waals surface area contributed by atoms with Crippen LogP contribution in [0.4, 0.5) is 0 Å². The molecule has 0 radical (unpaired) electrons. The van der Waals surface area contributed by atoms with Crippen LogP contribution in [0, 0.1) is 13.8 Å². The van der Waals surface area contributed by atoms with Crippen LogP contribution in [0.3, 0.4) is 0 Å². The van der Waals surface area contributed by atoms with E-state index in [4.69, 9.17) is 4.42 Å². The van der Waals surface area contributed by atoms with Crippen LogP contribution < -0.4 is 5.32 Å². The van der Waals surface area contributed by atoms with Crippen LogP contribution >= 0.6 is 11.8 Å². The Balaban J connectivity index is 2.01. The maximum absolute atomic E-state index is 5.59. The summed E-state index contributed by atoms with van der Waals surface area (Å²) >= 11 is 1.56. The number of hydrogen-bond acceptors (Lipinski definition) is 4. The molecule has 0 saturated heterocycles. The molecule has 0 aliphatic heterocycles. The number of benzene rings is 1. The molecule has 0 aliphatic rings. The van der Waals surface area contributed by atoms with E-state index in [9.17, 15) is 0 Å². The third-order valence-corrected chi connectivity index (χ3v) is 4.15. The van der Waals surface area contributed by atoms with E-state index in [-0.39, 0.29) is 0 Å². The van der Waals surface area contributed by atoms with Gasteiger partial charge in [0, 0.05) is 10.9 Å². The molecule has 0 fully saturated rings. The van der Waals surface area contributed by atoms with Crippen molar-refractivity contribution in [1.82, 2.24) is 10.3 Å². The Labute approximate surface area is 125 Å². The van der Waals surface area contributed by atoms with Gasteiger partial charge in [0.1, 0.15) is 5.76 Å². The Hall–Kier alpha value is -1.26. The van der Waals surface area contributed by atoms with Crippen LogP contribution in [0.15, 0.2) is 38.8 Å². The van der Waals surface area contributed by atoms with Crippen LogP contribution in [0.25, 0.3) is 0 Å². The SMILES string of the molecule is CCCNC(C)c1ccc(Sc2nc(C)c(C)o2)cc1. The number of aryl methyl sites for hydroxylation is 2. The van der Waals surface area contributed by atoms with Crippen LogP contribution in [-0.4, -0.2) is 11.5 Å². The Morgan fingerprint density at radius 2 is 1.95 bits per heavy atom. The fourth-order valence-electron chi connectivity index (χ4n) is 1.89. The van der Waals surface area contributed by atoms with Gasteiger partial charge in [0.15, 0.2) is 0 Å². The summed E-state index contributed by atoms with van der Waals surface area (Å²) in [4.78, 5) is 5.54. The van der Waals surface area contributed by atoms with Crippen LogP contribution in [0.2, 0.25) is 0 Å². The lowest BCUT2D eigenvalue weighted by atomic mass is 10.1. The summed E-state index contributed by atoms with van der Waals surface area (Å²) in [6.45, 7) is 9.33. The molecule has 1 aromatic carbocycles. The number of rotatable bonds is 6. The van der Waals surface area contributed by atoms with Gasteiger partial charge in [0.05, 0.1) is 5.69 Å². The molecule has 0 bridgehead atoms. The predicted molar refractivity (Wildman–Crippen MR) is 83.3 cm³/mol. The van der Waals surface area contributed by atoms with E-state index in [0.29, 0.717) is 11.3 Å². The first-order valence-electron chi connectivity index (χ1n) is 7.05. The van der Waals surface area contributed by atoms with E-state index in [1.54, 1.807) is 11.8 Å². The molecule has 4 heteroatoms. The molecule has 0 aliphatic carbocycles. The summed E-state index contributed by atoms with van der Waals surface area (Å²) in [5.41, 5.74) is 2.27. The lowest BCUT2D eigenvalue weighted by Crippen LogP contribution is -2.19. The number of hydrogen-bond donors (Lipinski definition) is 1. The van der Waals surface area contributed by atoms with Crippen molar-refractivity contribution in [3.05, 3.63) is 41.3 Å². The third kappa shape index (κ3) is 3.87. The van der Waals surface area contributed by atoms with Crippen molar-refractivity contribution in [2.75, 3.05) is 6.54 Å². The topological polar surface area (TPSA) is 38.1 Å². The number of nitrogens with zero attached hydrogens (tertiary/aromatic N) is 1. The van der Waals surface area contributed by atoms with Gasteiger partial charge in [-0.05, 0) is 63.2 Å². The van der Waals surface area contributed by atoms with E-state index < -0.39 is 0 Å². The molecule has 1 N–H and O–H groups in total. The zero-order valence-electron chi connectivity index (χ0n) is 12.6. The van der Waals surface area contributed by atoms with Crippen LogP contribution in [-0.2, 0) is 0 Å². The van der Waals surface area contributed by atoms with Crippen LogP contribution in [0.5, 0.6) is 0 Å². The standard InChI is InChI=1S/C16H22N2OS/c1-5-10-17-12(3)14-6-8-15(9-7-14)20-16-18-11(2)13(4)19-16/h6-9,12,17H,5,10H2,1-4H3. The van der Waals surface area contributed by atoms with Gasteiger partial charge in [-0.15, -0.1) is 0 Å². The highest BCUT2D eigenvalue weighted by Gasteiger charge is 2.08. The summed E-state index contributed by atoms with van der Waals surface area (Å²) in [6, 6.07) is 8.97. The molecule has 2 rings (SSSR count). The minimum atomic E-state index is 0.389. The first kappa shape index (κ1) is 15.1. The molecule has 0 saturated carbocycles. The quantitative estimate of drug-likeness (QED) is 0.850. The molecule has 1 heterocycles. The van der Waals surface area contributed by atoms with E-state index in [1.807, 2.05) is 13.8 Å². The summed E-state index contributed by atoms with van der Waals surface area (Å²) in [7, 11) is 0. The lowest BCUT2D eigenvalue weighted by molar-refractivity contribution is 0.431. The van der Waals surface area contributed by atoms with E-state index in [0.717, 1.165) is 29.3 Å². The minimum Gasteiger partial charge on any atom is -0.436 e. The van der Waals surface area contributed by atoms with Gasteiger partial charge in [-0.3, -0.25) is 0 Å². The number of oxazole rings is 1. The van der Waals surface area contributed by atoms with Gasteiger partial charge < -0.3 is 9.73 Å². The normalized spacial score (nSPS) is 12.6. The number of aromatic nitrogens is 1. The smallest absolute Gasteiger partial charge is 0.260 e. The van der Waals surface area contributed by atoms with Gasteiger partial charge in [-0.25, -0.2) is 4.98 Å². The molecule has 0 spiro atoms. The largest absolute Gasteiger partial charge is 0.436 e. The second-order valence-corrected chi connectivity index (χ2v) is 5.99. The Morgan fingerprint density at radius 3 is 2.50 bits per heavy atom. The predicted octanol–water partition coefficient (Wildman–Crippen LogP) is 4.50. The maximum atomic E-state index is 5.59. The first-order valence-corrected chi connectivity index (χ1v) is 7.87. The average molecular weight is 290 g/mol. The van der Waals surface area contributed by atoms with Gasteiger partial charge in [0.25, 0.3) is 5.22 Å². The zero-order valence-corrected chi connectivity index (χ0v) is 13.4. The Bertz CT molecular complexity index is 529. The molecule has 1 aromatic heterocycles. The Morgan fingerprint density at radius 1 is 1.25 bits per heavy atom. The highest BCUT2D eigenvalue weighted by Crippen LogP contribution is 2.29. The van der Waals surface area contributed by atoms with Gasteiger partial charge in [-0.2, -0.15) is 0 Å². The van der Waals surface area contributed by atoms with Crippen molar-refractivity contribution in [3.63, 3.8) is 0 Å². The Kier molecular flexibility index (Phi) is 5.26. The van der Waals surface area contributed by atoms with Crippen molar-refractivity contribution in [2.24, 2.45) is 0 Å². The molecule has 2 aromatic rings. The summed E-state index contributed by atoms with van der Waals surface area (Å²) in [6.07, 6.45) is 1.15. The fourth-order valence-corrected chi connectivity index (χ4v) is 2.71. The van der Waals surface area contributed by atoms with Crippen LogP contribution in [0.1, 0.15) is 43.3 Å². The molecular formula is C16H22N2OS. The van der Waals surface area contributed by atoms with E-state index >= 15 is 0 Å². The molecule has 0 amide bonds. The van der Waals surface area contributed by atoms with Crippen molar-refractivity contribution < 1.29 is 4.42 Å². The molecular weight excluding hydrogens is 268 g/mol. The fraction of sp³-hybridized carbons (Fsp3) is 0.438. The highest BCUT2D eigenvalue weighted by molar-refractivity contribution is 7.99. The number of nitrogens with one attached hydrogen (secondary N) is 1. The lowest BCUT2D eigenvalue weighted by Gasteiger charge is -2.13. The zero-order chi connectivity index (χ0) is 14.5. The van der Waals surface area contributed by atoms with Crippen molar-refractivity contribution in [2.45, 2.75) is 50.3 Å². The molecule has 108 valence electrons. The minimum absolute atomic E-state index is 0.389. The summed E-state index contributed by atoms with van der Waals surface area (Å²) in [5.74, 6) is 0.890. The van der Waals surface area contributed by atoms with Gasteiger partial charge in [-0.1, -0.05) is 19.1 Å². The average Bonchev–Trinajstić information content (AvgIpc) is 2.75. The van der Waals surface area contributed by atoms with Crippen molar-refractivity contribution in [1.29, 1.82) is 0 Å². The molecule has 20 heavy (non-hydrogen) atoms. The molecule has 3 nitrogen and oxygen atoms in total. The van der Waals surface area contributed by atoms with E-state index in [1.165, 1.54) is 5.56 Å². The summed E-state index contributed by atoms with van der Waals surface area (Å²) in [5, 5.41) is 4.20. The maximum Gasteiger partial charge on any atom is 0.260 e. The molecule has 1 unspecified atom stereocenters. The summed E-state index contributed by atoms with van der Waals surface area (Å²) < 4.78 is 5.59. The van der Waals surface area contributed by atoms with Gasteiger partial charge >= 0.3 is 0 Å². The second kappa shape index (κ2) is 6.95. The van der Waals surface area contributed by atoms with E-state index in [2.05, 4.69) is 48.4 Å². The third-order valence-electron chi connectivity index (χ3n) is 3.29. The van der Waals surface area contributed by atoms with Crippen molar-refractivity contribution in [3.8, 4) is 0 Å². The highest BCUT2D eigenvalue weighted by atomic mass is 32.2. The first-order chi connectivity index (χ1) is 9.60. The van der Waals surface area contributed by atoms with Crippen molar-refractivity contribution >= 4 is 11.8 Å². The second-order valence-electron chi connectivity index (χ2n) is 4.97.